The molecule has 0 aliphatic heterocycles. The molecule has 0 saturated carbocycles. The topological polar surface area (TPSA) is 81.3 Å². The summed E-state index contributed by atoms with van der Waals surface area (Å²) in [6.07, 6.45) is 1.18. The summed E-state index contributed by atoms with van der Waals surface area (Å²) < 4.78 is 22.8. The van der Waals surface area contributed by atoms with Gasteiger partial charge in [0.1, 0.15) is 0 Å². The number of allylic oxidation sites excluding steroid dienone is 1. The Hall–Kier alpha value is -0.700. The molecule has 0 aliphatic rings. The standard InChI is InChI=1S/C3H3N.H2O3S/c1-2-3-4;1-4(2)3/h2H,1H2;(H2,1,2,3). The minimum Gasteiger partial charge on any atom is -0.284 e. The second-order valence-electron chi connectivity index (χ2n) is 0.564. The first kappa shape index (κ1) is 10.3. The van der Waals surface area contributed by atoms with E-state index < -0.39 is 11.4 Å². The van der Waals surface area contributed by atoms with Crippen LogP contribution in [0.1, 0.15) is 0 Å². The quantitative estimate of drug-likeness (QED) is 0.371. The molecular weight excluding hydrogens is 130 g/mol. The molecular formula is C3H5NO3S. The third kappa shape index (κ3) is 1090. The molecule has 5 heteroatoms. The predicted molar refractivity (Wildman–Crippen MR) is 29.2 cm³/mol. The van der Waals surface area contributed by atoms with Crippen LogP contribution in [0.25, 0.3) is 0 Å². The van der Waals surface area contributed by atoms with E-state index in [4.69, 9.17) is 18.6 Å². The molecule has 4 nitrogen and oxygen atoms in total. The first-order valence-corrected chi connectivity index (χ1v) is 2.52. The van der Waals surface area contributed by atoms with E-state index >= 15 is 0 Å². The highest BCUT2D eigenvalue weighted by molar-refractivity contribution is 7.73. The van der Waals surface area contributed by atoms with Gasteiger partial charge < -0.3 is 0 Å². The maximum atomic E-state index is 8.67. The van der Waals surface area contributed by atoms with Crippen molar-refractivity contribution in [1.82, 2.24) is 0 Å². The van der Waals surface area contributed by atoms with Gasteiger partial charge in [0.05, 0.1) is 6.07 Å². The van der Waals surface area contributed by atoms with Crippen molar-refractivity contribution in [1.29, 1.82) is 5.26 Å². The van der Waals surface area contributed by atoms with E-state index in [1.165, 1.54) is 6.08 Å². The van der Waals surface area contributed by atoms with Crippen LogP contribution in [0.5, 0.6) is 0 Å². The molecule has 0 aromatic rings. The fourth-order valence-electron chi connectivity index (χ4n) is 0. The van der Waals surface area contributed by atoms with Gasteiger partial charge in [0.2, 0.25) is 0 Å². The highest BCUT2D eigenvalue weighted by Crippen LogP contribution is 1.44. The SMILES string of the molecule is C=CC#N.O=S(O)O. The Morgan fingerprint density at radius 3 is 1.88 bits per heavy atom. The first-order chi connectivity index (χ1) is 3.65. The summed E-state index contributed by atoms with van der Waals surface area (Å²) in [6.45, 7) is 3.12. The summed E-state index contributed by atoms with van der Waals surface area (Å²) in [6, 6.07) is 1.69. The Morgan fingerprint density at radius 1 is 1.75 bits per heavy atom. The molecule has 0 bridgehead atoms. The molecule has 0 aliphatic carbocycles. The highest BCUT2D eigenvalue weighted by atomic mass is 32.2. The Morgan fingerprint density at radius 2 is 1.88 bits per heavy atom. The molecule has 0 aromatic heterocycles. The lowest BCUT2D eigenvalue weighted by molar-refractivity contribution is 0.454. The van der Waals surface area contributed by atoms with Crippen molar-refractivity contribution in [2.45, 2.75) is 0 Å². The van der Waals surface area contributed by atoms with E-state index in [1.807, 2.05) is 0 Å². The molecule has 0 saturated heterocycles. The van der Waals surface area contributed by atoms with Crippen LogP contribution in [0.15, 0.2) is 12.7 Å². The van der Waals surface area contributed by atoms with Crippen molar-refractivity contribution in [3.8, 4) is 6.07 Å². The average molecular weight is 135 g/mol. The van der Waals surface area contributed by atoms with Gasteiger partial charge in [-0.25, -0.2) is 0 Å². The van der Waals surface area contributed by atoms with E-state index in [-0.39, 0.29) is 0 Å². The molecule has 46 valence electrons. The van der Waals surface area contributed by atoms with Crippen LogP contribution in [0, 0.1) is 11.3 Å². The maximum Gasteiger partial charge on any atom is 0.299 e. The van der Waals surface area contributed by atoms with Gasteiger partial charge in [0.15, 0.2) is 0 Å². The fraction of sp³-hybridized carbons (Fsp3) is 0. The Bertz CT molecular complexity index is 112. The maximum absolute atomic E-state index is 8.67. The van der Waals surface area contributed by atoms with Gasteiger partial charge in [0, 0.05) is 6.08 Å². The van der Waals surface area contributed by atoms with Gasteiger partial charge >= 0.3 is 0 Å². The number of rotatable bonds is 0. The summed E-state index contributed by atoms with van der Waals surface area (Å²) in [4.78, 5) is 0. The van der Waals surface area contributed by atoms with E-state index in [0.717, 1.165) is 0 Å². The number of nitrogens with zero attached hydrogens (tertiary/aromatic N) is 1. The third-order valence-corrected chi connectivity index (χ3v) is 0.0913. The summed E-state index contributed by atoms with van der Waals surface area (Å²) in [5.74, 6) is 0. The Kier molecular flexibility index (Phi) is 12.3. The molecule has 0 rings (SSSR count). The molecule has 0 unspecified atom stereocenters. The average Bonchev–Trinajstić information content (AvgIpc) is 1.65. The van der Waals surface area contributed by atoms with E-state index in [0.29, 0.717) is 0 Å². The van der Waals surface area contributed by atoms with Gasteiger partial charge in [-0.1, -0.05) is 6.58 Å². The van der Waals surface area contributed by atoms with Crippen molar-refractivity contribution in [2.24, 2.45) is 0 Å². The second kappa shape index (κ2) is 9.57. The molecule has 0 radical (unpaired) electrons. The zero-order valence-corrected chi connectivity index (χ0v) is 4.76. The Balaban J connectivity index is 0. The van der Waals surface area contributed by atoms with Crippen molar-refractivity contribution < 1.29 is 13.3 Å². The van der Waals surface area contributed by atoms with Gasteiger partial charge in [-0.15, -0.1) is 0 Å². The first-order valence-electron chi connectivity index (χ1n) is 1.45. The molecule has 0 fully saturated rings. The highest BCUT2D eigenvalue weighted by Gasteiger charge is 1.62. The van der Waals surface area contributed by atoms with Crippen LogP contribution < -0.4 is 0 Å². The van der Waals surface area contributed by atoms with E-state index in [1.54, 1.807) is 6.07 Å². The molecule has 0 heterocycles. The molecule has 0 aromatic carbocycles. The zero-order valence-electron chi connectivity index (χ0n) is 3.94. The van der Waals surface area contributed by atoms with Crippen LogP contribution >= 0.6 is 0 Å². The lowest BCUT2D eigenvalue weighted by Gasteiger charge is -1.59. The molecule has 0 atom stereocenters. The second-order valence-corrected chi connectivity index (χ2v) is 1.03. The summed E-state index contributed by atoms with van der Waals surface area (Å²) in [5.41, 5.74) is 0. The van der Waals surface area contributed by atoms with Gasteiger partial charge in [-0.05, 0) is 0 Å². The van der Waals surface area contributed by atoms with Crippen molar-refractivity contribution in [2.75, 3.05) is 0 Å². The molecule has 0 spiro atoms. The largest absolute Gasteiger partial charge is 0.299 e. The monoisotopic (exact) mass is 135 g/mol. The van der Waals surface area contributed by atoms with Crippen LogP contribution in [0.4, 0.5) is 0 Å². The number of hydrogen-bond donors (Lipinski definition) is 2. The van der Waals surface area contributed by atoms with Gasteiger partial charge in [-0.3, -0.25) is 9.11 Å². The van der Waals surface area contributed by atoms with Crippen molar-refractivity contribution in [3.05, 3.63) is 12.7 Å². The summed E-state index contributed by atoms with van der Waals surface area (Å²) >= 11 is -2.61. The number of nitriles is 1. The van der Waals surface area contributed by atoms with E-state index in [9.17, 15) is 0 Å². The number of hydrogen-bond acceptors (Lipinski definition) is 2. The van der Waals surface area contributed by atoms with Crippen molar-refractivity contribution >= 4 is 11.4 Å². The summed E-state index contributed by atoms with van der Waals surface area (Å²) in [5, 5.41) is 7.51. The lowest BCUT2D eigenvalue weighted by atomic mass is 10.8. The lowest BCUT2D eigenvalue weighted by Crippen LogP contribution is -1.74. The molecule has 0 amide bonds. The van der Waals surface area contributed by atoms with Gasteiger partial charge in [-0.2, -0.15) is 9.47 Å². The fourth-order valence-corrected chi connectivity index (χ4v) is 0. The predicted octanol–water partition coefficient (Wildman–Crippen LogP) is 0.377. The van der Waals surface area contributed by atoms with Gasteiger partial charge in [0.25, 0.3) is 11.4 Å². The normalized spacial score (nSPS) is 6.25. The minimum atomic E-state index is -2.61. The smallest absolute Gasteiger partial charge is 0.284 e. The minimum absolute atomic E-state index is 1.18. The molecule has 2 N–H and O–H groups in total. The van der Waals surface area contributed by atoms with Crippen LogP contribution in [-0.4, -0.2) is 13.3 Å². The third-order valence-electron chi connectivity index (χ3n) is 0.0913. The van der Waals surface area contributed by atoms with E-state index in [2.05, 4.69) is 6.58 Å². The molecule has 8 heavy (non-hydrogen) atoms. The Labute approximate surface area is 49.6 Å². The van der Waals surface area contributed by atoms with Crippen LogP contribution in [0.3, 0.4) is 0 Å². The zero-order chi connectivity index (χ0) is 6.99. The summed E-state index contributed by atoms with van der Waals surface area (Å²) in [7, 11) is 0. The van der Waals surface area contributed by atoms with Crippen molar-refractivity contribution in [3.63, 3.8) is 0 Å². The van der Waals surface area contributed by atoms with Crippen LogP contribution in [0.2, 0.25) is 0 Å². The van der Waals surface area contributed by atoms with Crippen LogP contribution in [-0.2, 0) is 11.4 Å².